The van der Waals surface area contributed by atoms with Crippen LogP contribution in [0, 0.1) is 0 Å². The number of hydrogen-bond acceptors (Lipinski definition) is 0. The van der Waals surface area contributed by atoms with Gasteiger partial charge >= 0.3 is 0 Å². The number of aromatic nitrogens is 2. The largest absolute Gasteiger partial charge is 1.00 e. The standard InChI is InChI=1S/C14H28N3.CHCl3.2BrH/c1-13(2,3)15-8-7-9-16-10-11-17(12-16)14(4,5)6;2-1(3)4;;/h10-12,15H,7-9H2,1-6H3;1H;2*1H/q+1;;;/p-1. The van der Waals surface area contributed by atoms with Crippen LogP contribution in [0.1, 0.15) is 48.0 Å². The summed E-state index contributed by atoms with van der Waals surface area (Å²) < 4.78 is 3.79. The lowest BCUT2D eigenvalue weighted by atomic mass is 10.1. The van der Waals surface area contributed by atoms with Crippen LogP contribution < -0.4 is 43.8 Å². The van der Waals surface area contributed by atoms with Crippen molar-refractivity contribution in [2.45, 2.75) is 69.9 Å². The molecule has 140 valence electrons. The molecule has 0 bridgehead atoms. The monoisotopic (exact) mass is 515 g/mol. The molecule has 1 aromatic rings. The summed E-state index contributed by atoms with van der Waals surface area (Å²) in [6.45, 7) is 15.8. The van der Waals surface area contributed by atoms with E-state index >= 15 is 0 Å². The van der Waals surface area contributed by atoms with Crippen molar-refractivity contribution in [3.05, 3.63) is 18.7 Å². The van der Waals surface area contributed by atoms with Gasteiger partial charge < -0.3 is 39.3 Å². The van der Waals surface area contributed by atoms with E-state index in [0.29, 0.717) is 5.54 Å². The molecule has 1 heterocycles. The third-order valence-corrected chi connectivity index (χ3v) is 2.84. The zero-order valence-electron chi connectivity index (χ0n) is 14.8. The number of halogens is 5. The highest BCUT2D eigenvalue weighted by Crippen LogP contribution is 2.11. The number of alkyl halides is 3. The van der Waals surface area contributed by atoms with Crippen molar-refractivity contribution in [2.24, 2.45) is 0 Å². The summed E-state index contributed by atoms with van der Waals surface area (Å²) >= 11 is 14.4. The Bertz CT molecular complexity index is 397. The molecule has 0 saturated carbocycles. The van der Waals surface area contributed by atoms with Crippen LogP contribution in [-0.2, 0) is 12.1 Å². The predicted octanol–water partition coefficient (Wildman–Crippen LogP) is -2.72. The fourth-order valence-electron chi connectivity index (χ4n) is 1.73. The van der Waals surface area contributed by atoms with Crippen LogP contribution in [0.3, 0.4) is 0 Å². The van der Waals surface area contributed by atoms with Crippen LogP contribution >= 0.6 is 34.8 Å². The first-order chi connectivity index (χ1) is 9.42. The summed E-state index contributed by atoms with van der Waals surface area (Å²) in [6, 6.07) is 0. The number of nitrogens with zero attached hydrogens (tertiary/aromatic N) is 2. The quantitative estimate of drug-likeness (QED) is 0.255. The van der Waals surface area contributed by atoms with Crippen molar-refractivity contribution in [2.75, 3.05) is 6.54 Å². The molecular weight excluding hydrogens is 488 g/mol. The summed E-state index contributed by atoms with van der Waals surface area (Å²) in [7, 11) is 0. The number of rotatable bonds is 4. The van der Waals surface area contributed by atoms with Gasteiger partial charge in [-0.3, -0.25) is 0 Å². The van der Waals surface area contributed by atoms with E-state index in [1.165, 1.54) is 13.0 Å². The lowest BCUT2D eigenvalue weighted by Gasteiger charge is -2.16. The number of imidazole rings is 1. The highest BCUT2D eigenvalue weighted by Gasteiger charge is 2.19. The molecule has 0 atom stereocenters. The van der Waals surface area contributed by atoms with Gasteiger partial charge in [0.05, 0.1) is 18.6 Å². The molecule has 0 aliphatic rings. The lowest BCUT2D eigenvalue weighted by Crippen LogP contribution is -3.00. The first kappa shape index (κ1) is 28.8. The van der Waals surface area contributed by atoms with Crippen LogP contribution in [0.5, 0.6) is 0 Å². The molecule has 0 saturated heterocycles. The van der Waals surface area contributed by atoms with Gasteiger partial charge in [0.25, 0.3) is 0 Å². The molecule has 0 aromatic carbocycles. The van der Waals surface area contributed by atoms with E-state index in [9.17, 15) is 0 Å². The fraction of sp³-hybridized carbons (Fsp3) is 0.800. The van der Waals surface area contributed by atoms with E-state index in [1.807, 2.05) is 0 Å². The van der Waals surface area contributed by atoms with Gasteiger partial charge in [0, 0.05) is 6.42 Å². The maximum absolute atomic E-state index is 4.81. The fourth-order valence-corrected chi connectivity index (χ4v) is 1.73. The zero-order chi connectivity index (χ0) is 16.7. The Kier molecular flexibility index (Phi) is 16.6. The first-order valence-electron chi connectivity index (χ1n) is 7.26. The average molecular weight is 519 g/mol. The van der Waals surface area contributed by atoms with Crippen molar-refractivity contribution >= 4 is 34.8 Å². The van der Waals surface area contributed by atoms with Gasteiger partial charge in [0.15, 0.2) is 4.30 Å². The Morgan fingerprint density at radius 2 is 1.52 bits per heavy atom. The summed E-state index contributed by atoms with van der Waals surface area (Å²) in [5.74, 6) is 0. The summed E-state index contributed by atoms with van der Waals surface area (Å²) in [5.41, 5.74) is 0.533. The molecule has 0 amide bonds. The molecular formula is C15H30Br2Cl3N3. The topological polar surface area (TPSA) is 25.4 Å². The van der Waals surface area contributed by atoms with Crippen molar-refractivity contribution in [1.29, 1.82) is 0 Å². The maximum Gasteiger partial charge on any atom is 0.244 e. The van der Waals surface area contributed by atoms with Gasteiger partial charge in [-0.2, -0.15) is 0 Å². The Balaban J connectivity index is -0.000000598. The SMILES string of the molecule is CC(C)(C)[NH2+]CCC[n+]1ccn(C(C)(C)C)c1.ClC(Cl)Cl.[Br-].[Br-]. The molecule has 2 N–H and O–H groups in total. The van der Waals surface area contributed by atoms with Crippen LogP contribution in [0.4, 0.5) is 0 Å². The number of nitrogens with two attached hydrogens (primary N) is 1. The lowest BCUT2D eigenvalue weighted by molar-refractivity contribution is -0.734. The second-order valence-corrected chi connectivity index (χ2v) is 9.17. The molecule has 1 aromatic heterocycles. The van der Waals surface area contributed by atoms with Gasteiger partial charge in [-0.25, -0.2) is 9.13 Å². The summed E-state index contributed by atoms with van der Waals surface area (Å²) in [5, 5.41) is 2.41. The van der Waals surface area contributed by atoms with Crippen molar-refractivity contribution in [1.82, 2.24) is 4.57 Å². The van der Waals surface area contributed by atoms with E-state index in [4.69, 9.17) is 34.8 Å². The minimum Gasteiger partial charge on any atom is -1.00 e. The van der Waals surface area contributed by atoms with Crippen LogP contribution in [0.25, 0.3) is 0 Å². The van der Waals surface area contributed by atoms with Crippen molar-refractivity contribution in [3.63, 3.8) is 0 Å². The van der Waals surface area contributed by atoms with E-state index in [1.54, 1.807) is 0 Å². The number of hydrogen-bond donors (Lipinski definition) is 1. The van der Waals surface area contributed by atoms with Gasteiger partial charge in [0.1, 0.15) is 17.9 Å². The number of quaternary nitrogens is 1. The van der Waals surface area contributed by atoms with E-state index < -0.39 is 4.30 Å². The molecule has 0 aliphatic heterocycles. The Morgan fingerprint density at radius 3 is 1.87 bits per heavy atom. The molecule has 8 heteroatoms. The van der Waals surface area contributed by atoms with Gasteiger partial charge in [0.2, 0.25) is 6.33 Å². The molecule has 0 unspecified atom stereocenters. The number of aryl methyl sites for hydroxylation is 1. The minimum atomic E-state index is -0.750. The van der Waals surface area contributed by atoms with Crippen molar-refractivity contribution < 1.29 is 43.8 Å². The first-order valence-corrected chi connectivity index (χ1v) is 8.57. The smallest absolute Gasteiger partial charge is 0.244 e. The summed E-state index contributed by atoms with van der Waals surface area (Å²) in [4.78, 5) is 0. The average Bonchev–Trinajstić information content (AvgIpc) is 2.70. The highest BCUT2D eigenvalue weighted by atomic mass is 79.9. The zero-order valence-corrected chi connectivity index (χ0v) is 20.2. The molecule has 0 fully saturated rings. The van der Waals surface area contributed by atoms with Crippen LogP contribution in [0.2, 0.25) is 0 Å². The van der Waals surface area contributed by atoms with Crippen molar-refractivity contribution in [3.8, 4) is 0 Å². The molecule has 0 radical (unpaired) electrons. The predicted molar refractivity (Wildman–Crippen MR) is 92.1 cm³/mol. The van der Waals surface area contributed by atoms with Gasteiger partial charge in [-0.1, -0.05) is 34.8 Å². The maximum atomic E-state index is 4.81. The van der Waals surface area contributed by atoms with E-state index in [0.717, 1.165) is 6.54 Å². The molecule has 0 spiro atoms. The Hall–Kier alpha value is 1.000. The second-order valence-electron chi connectivity index (χ2n) is 7.19. The third kappa shape index (κ3) is 17.6. The molecule has 3 nitrogen and oxygen atoms in total. The minimum absolute atomic E-state index is 0. The molecule has 0 aliphatic carbocycles. The third-order valence-electron chi connectivity index (χ3n) is 2.84. The Labute approximate surface area is 177 Å². The molecule has 23 heavy (non-hydrogen) atoms. The second kappa shape index (κ2) is 13.2. The highest BCUT2D eigenvalue weighted by molar-refractivity contribution is 6.63. The molecule has 1 rings (SSSR count). The van der Waals surface area contributed by atoms with E-state index in [2.05, 4.69) is 74.7 Å². The van der Waals surface area contributed by atoms with Crippen LogP contribution in [-0.4, -0.2) is 20.9 Å². The normalized spacial score (nSPS) is 11.2. The van der Waals surface area contributed by atoms with Gasteiger partial charge in [-0.15, -0.1) is 0 Å². The van der Waals surface area contributed by atoms with Gasteiger partial charge in [-0.05, 0) is 41.5 Å². The van der Waals surface area contributed by atoms with E-state index in [-0.39, 0.29) is 39.5 Å². The van der Waals surface area contributed by atoms with Crippen LogP contribution in [0.15, 0.2) is 18.7 Å². The summed E-state index contributed by atoms with van der Waals surface area (Å²) in [6.07, 6.45) is 7.75. The Morgan fingerprint density at radius 1 is 1.04 bits per heavy atom.